The zero-order chi connectivity index (χ0) is 22.0. The van der Waals surface area contributed by atoms with Gasteiger partial charge in [-0.25, -0.2) is 10.2 Å². The van der Waals surface area contributed by atoms with Crippen molar-refractivity contribution < 1.29 is 19.1 Å². The van der Waals surface area contributed by atoms with Crippen molar-refractivity contribution in [1.82, 2.24) is 15.7 Å². The molecular formula is C22H20N4O4S. The van der Waals surface area contributed by atoms with E-state index in [1.54, 1.807) is 6.08 Å². The molecule has 4 rings (SSSR count). The van der Waals surface area contributed by atoms with Crippen molar-refractivity contribution in [2.75, 3.05) is 7.11 Å². The molecule has 9 heteroatoms. The van der Waals surface area contributed by atoms with Gasteiger partial charge in [-0.3, -0.25) is 9.59 Å². The average Bonchev–Trinajstić information content (AvgIpc) is 3.47. The first-order chi connectivity index (χ1) is 15.0. The third kappa shape index (κ3) is 4.13. The van der Waals surface area contributed by atoms with Gasteiger partial charge >= 0.3 is 5.97 Å². The lowest BCUT2D eigenvalue weighted by atomic mass is 9.99. The summed E-state index contributed by atoms with van der Waals surface area (Å²) in [6.07, 6.45) is 1.93. The number of H-pyrrole nitrogens is 1. The van der Waals surface area contributed by atoms with E-state index in [1.165, 1.54) is 25.4 Å². The Hall–Kier alpha value is -3.72. The van der Waals surface area contributed by atoms with Gasteiger partial charge in [0, 0.05) is 29.9 Å². The molecule has 31 heavy (non-hydrogen) atoms. The molecular weight excluding hydrogens is 416 g/mol. The molecule has 2 amide bonds. The Morgan fingerprint density at radius 2 is 2.06 bits per heavy atom. The summed E-state index contributed by atoms with van der Waals surface area (Å²) in [5.74, 6) is -1.18. The van der Waals surface area contributed by atoms with Crippen molar-refractivity contribution in [2.24, 2.45) is 5.10 Å². The number of thiophene rings is 1. The van der Waals surface area contributed by atoms with Crippen LogP contribution in [-0.2, 0) is 25.5 Å². The average molecular weight is 436 g/mol. The van der Waals surface area contributed by atoms with Gasteiger partial charge in [0.15, 0.2) is 0 Å². The van der Waals surface area contributed by atoms with Crippen LogP contribution in [0, 0.1) is 0 Å². The minimum atomic E-state index is -0.860. The highest BCUT2D eigenvalue weighted by atomic mass is 32.1. The van der Waals surface area contributed by atoms with E-state index in [1.807, 2.05) is 41.8 Å². The summed E-state index contributed by atoms with van der Waals surface area (Å²) in [6, 6.07) is 10.6. The first-order valence-electron chi connectivity index (χ1n) is 9.56. The largest absolute Gasteiger partial charge is 0.467 e. The van der Waals surface area contributed by atoms with Crippen LogP contribution in [0.5, 0.6) is 0 Å². The van der Waals surface area contributed by atoms with Gasteiger partial charge in [0.05, 0.1) is 17.6 Å². The molecule has 1 aliphatic heterocycles. The van der Waals surface area contributed by atoms with E-state index in [2.05, 4.69) is 20.8 Å². The lowest BCUT2D eigenvalue weighted by molar-refractivity contribution is -0.144. The third-order valence-electron chi connectivity index (χ3n) is 4.93. The summed E-state index contributed by atoms with van der Waals surface area (Å²) in [7, 11) is 1.28. The maximum atomic E-state index is 12.5. The van der Waals surface area contributed by atoms with E-state index in [4.69, 9.17) is 4.74 Å². The molecule has 0 fully saturated rings. The van der Waals surface area contributed by atoms with Gasteiger partial charge in [0.25, 0.3) is 5.91 Å². The first-order valence-corrected chi connectivity index (χ1v) is 10.4. The van der Waals surface area contributed by atoms with Crippen LogP contribution < -0.4 is 10.7 Å². The minimum Gasteiger partial charge on any atom is -0.467 e. The molecule has 1 aliphatic rings. The molecule has 158 valence electrons. The van der Waals surface area contributed by atoms with Crippen LogP contribution in [-0.4, -0.2) is 41.6 Å². The van der Waals surface area contributed by atoms with E-state index in [-0.39, 0.29) is 18.2 Å². The number of esters is 1. The molecule has 0 aliphatic carbocycles. The number of fused-ring (bicyclic) bond motifs is 1. The lowest BCUT2D eigenvalue weighted by Crippen LogP contribution is -2.42. The topological polar surface area (TPSA) is 113 Å². The second-order valence-electron chi connectivity index (χ2n) is 6.98. The monoisotopic (exact) mass is 436 g/mol. The Balaban J connectivity index is 1.80. The maximum Gasteiger partial charge on any atom is 0.328 e. The number of methoxy groups -OCH3 is 1. The number of carbonyl (C=O) groups excluding carboxylic acids is 3. The summed E-state index contributed by atoms with van der Waals surface area (Å²) < 4.78 is 4.87. The van der Waals surface area contributed by atoms with Gasteiger partial charge in [0.2, 0.25) is 5.91 Å². The van der Waals surface area contributed by atoms with Crippen molar-refractivity contribution in [1.29, 1.82) is 0 Å². The fourth-order valence-electron chi connectivity index (χ4n) is 3.56. The zero-order valence-electron chi connectivity index (χ0n) is 16.9. The maximum absolute atomic E-state index is 12.5. The number of hydrazone groups is 1. The van der Waals surface area contributed by atoms with Crippen LogP contribution in [0.3, 0.4) is 0 Å². The second-order valence-corrected chi connectivity index (χ2v) is 7.93. The quantitative estimate of drug-likeness (QED) is 0.407. The standard InChI is InChI=1S/C22H20N4O4S/c1-12(27)23-18(22(29)30-2)10-14-13-6-3-4-7-16(13)24-17(14)11-15-20(25-26-21(15)28)19-8-5-9-31-19/h3-9,11,18,24H,10H2,1-2H3,(H,23,27)(H,26,28)/b15-11-. The van der Waals surface area contributed by atoms with Gasteiger partial charge in [-0.05, 0) is 29.2 Å². The number of ether oxygens (including phenoxy) is 1. The van der Waals surface area contributed by atoms with Crippen molar-refractivity contribution in [3.63, 3.8) is 0 Å². The molecule has 0 saturated heterocycles. The number of amides is 2. The Morgan fingerprint density at radius 1 is 1.26 bits per heavy atom. The molecule has 3 heterocycles. The van der Waals surface area contributed by atoms with E-state index in [0.717, 1.165) is 21.3 Å². The van der Waals surface area contributed by atoms with Gasteiger partial charge in [-0.15, -0.1) is 11.3 Å². The van der Waals surface area contributed by atoms with Crippen molar-refractivity contribution in [3.05, 3.63) is 63.5 Å². The number of benzene rings is 1. The normalized spacial score (nSPS) is 15.6. The number of rotatable bonds is 6. The Morgan fingerprint density at radius 3 is 2.77 bits per heavy atom. The van der Waals surface area contributed by atoms with Gasteiger partial charge in [-0.2, -0.15) is 5.10 Å². The minimum absolute atomic E-state index is 0.197. The Labute approximate surface area is 182 Å². The van der Waals surface area contributed by atoms with Crippen molar-refractivity contribution in [2.45, 2.75) is 19.4 Å². The lowest BCUT2D eigenvalue weighted by Gasteiger charge is -2.16. The number of hydrogen-bond acceptors (Lipinski definition) is 6. The fraction of sp³-hybridized carbons (Fsp3) is 0.182. The highest BCUT2D eigenvalue weighted by Gasteiger charge is 2.27. The van der Waals surface area contributed by atoms with Crippen molar-refractivity contribution >= 4 is 51.8 Å². The number of aromatic amines is 1. The molecule has 8 nitrogen and oxygen atoms in total. The van der Waals surface area contributed by atoms with Crippen molar-refractivity contribution in [3.8, 4) is 0 Å². The molecule has 3 aromatic rings. The molecule has 1 aromatic carbocycles. The number of para-hydroxylation sites is 1. The molecule has 0 radical (unpaired) electrons. The zero-order valence-corrected chi connectivity index (χ0v) is 17.7. The second kappa shape index (κ2) is 8.57. The van der Waals surface area contributed by atoms with Crippen LogP contribution in [0.25, 0.3) is 17.0 Å². The number of carbonyl (C=O) groups is 3. The van der Waals surface area contributed by atoms with Gasteiger partial charge in [-0.1, -0.05) is 24.3 Å². The molecule has 1 atom stereocenters. The van der Waals surface area contributed by atoms with E-state index in [9.17, 15) is 14.4 Å². The first kappa shape index (κ1) is 20.5. The van der Waals surface area contributed by atoms with E-state index >= 15 is 0 Å². The van der Waals surface area contributed by atoms with E-state index < -0.39 is 12.0 Å². The SMILES string of the molecule is COC(=O)C(Cc1c(/C=C2\C(=O)NN=C2c2cccs2)[nH]c2ccccc12)NC(C)=O. The Kier molecular flexibility index (Phi) is 5.68. The summed E-state index contributed by atoms with van der Waals surface area (Å²) in [5.41, 5.74) is 5.81. The fourth-order valence-corrected chi connectivity index (χ4v) is 4.29. The molecule has 3 N–H and O–H groups in total. The van der Waals surface area contributed by atoms with Crippen LogP contribution in [0.4, 0.5) is 0 Å². The number of nitrogens with one attached hydrogen (secondary N) is 3. The molecule has 0 spiro atoms. The predicted molar refractivity (Wildman–Crippen MR) is 119 cm³/mol. The summed E-state index contributed by atoms with van der Waals surface area (Å²) >= 11 is 1.49. The van der Waals surface area contributed by atoms with Crippen LogP contribution >= 0.6 is 11.3 Å². The number of nitrogens with zero attached hydrogens (tertiary/aromatic N) is 1. The smallest absolute Gasteiger partial charge is 0.328 e. The van der Waals surface area contributed by atoms with Gasteiger partial charge < -0.3 is 15.0 Å². The van der Waals surface area contributed by atoms with Crippen LogP contribution in [0.1, 0.15) is 23.1 Å². The van der Waals surface area contributed by atoms with Crippen LogP contribution in [0.15, 0.2) is 52.5 Å². The predicted octanol–water partition coefficient (Wildman–Crippen LogP) is 2.37. The van der Waals surface area contributed by atoms with E-state index in [0.29, 0.717) is 17.0 Å². The van der Waals surface area contributed by atoms with Crippen LogP contribution in [0.2, 0.25) is 0 Å². The summed E-state index contributed by atoms with van der Waals surface area (Å²) in [4.78, 5) is 40.6. The highest BCUT2D eigenvalue weighted by Crippen LogP contribution is 2.28. The Bertz CT molecular complexity index is 1220. The number of hydrogen-bond donors (Lipinski definition) is 3. The summed E-state index contributed by atoms with van der Waals surface area (Å²) in [6.45, 7) is 1.35. The number of aromatic nitrogens is 1. The highest BCUT2D eigenvalue weighted by molar-refractivity contribution is 7.12. The molecule has 1 unspecified atom stereocenters. The summed E-state index contributed by atoms with van der Waals surface area (Å²) in [5, 5.41) is 9.63. The molecule has 2 aromatic heterocycles. The third-order valence-corrected chi connectivity index (χ3v) is 5.81. The molecule has 0 saturated carbocycles. The molecule has 0 bridgehead atoms. The van der Waals surface area contributed by atoms with Gasteiger partial charge in [0.1, 0.15) is 11.8 Å².